The molecule has 2 aliphatic rings. The third kappa shape index (κ3) is 3.96. The predicted octanol–water partition coefficient (Wildman–Crippen LogP) is 4.26. The van der Waals surface area contributed by atoms with Crippen molar-refractivity contribution >= 4 is 29.1 Å². The Labute approximate surface area is 190 Å². The molecule has 1 aromatic heterocycles. The Balaban J connectivity index is 1.53. The Morgan fingerprint density at radius 1 is 1.03 bits per heavy atom. The summed E-state index contributed by atoms with van der Waals surface area (Å²) in [7, 11) is 0. The van der Waals surface area contributed by atoms with E-state index in [1.807, 2.05) is 53.4 Å². The molecule has 3 aromatic rings. The maximum absolute atomic E-state index is 13.4. The lowest BCUT2D eigenvalue weighted by Gasteiger charge is -2.31. The van der Waals surface area contributed by atoms with Gasteiger partial charge in [-0.2, -0.15) is 5.10 Å². The van der Waals surface area contributed by atoms with Gasteiger partial charge in [0.1, 0.15) is 5.69 Å². The van der Waals surface area contributed by atoms with Gasteiger partial charge in [-0.1, -0.05) is 47.5 Å². The number of hydrogen-bond donors (Lipinski definition) is 1. The van der Waals surface area contributed by atoms with Crippen LogP contribution in [0.15, 0.2) is 48.5 Å². The van der Waals surface area contributed by atoms with Gasteiger partial charge in [0, 0.05) is 47.4 Å². The molecule has 1 fully saturated rings. The predicted molar refractivity (Wildman–Crippen MR) is 121 cm³/mol. The van der Waals surface area contributed by atoms with E-state index in [0.717, 1.165) is 55.2 Å². The SMILES string of the molecule is O=C1c2[nH]nc(-c3ccc(Cl)cc3)c2C(c2cccc(Cl)c2)N1CCN1CCOCC1. The van der Waals surface area contributed by atoms with Crippen LogP contribution in [-0.2, 0) is 4.74 Å². The van der Waals surface area contributed by atoms with Crippen LogP contribution in [0, 0.1) is 0 Å². The molecule has 1 saturated heterocycles. The minimum atomic E-state index is -0.258. The molecule has 8 heteroatoms. The molecule has 1 amide bonds. The number of benzene rings is 2. The lowest BCUT2D eigenvalue weighted by atomic mass is 9.96. The molecular weight excluding hydrogens is 435 g/mol. The van der Waals surface area contributed by atoms with Crippen LogP contribution < -0.4 is 0 Å². The molecule has 0 aliphatic carbocycles. The molecule has 1 N–H and O–H groups in total. The summed E-state index contributed by atoms with van der Waals surface area (Å²) in [6.07, 6.45) is 0. The number of nitrogens with zero attached hydrogens (tertiary/aromatic N) is 3. The quantitative estimate of drug-likeness (QED) is 0.622. The minimum absolute atomic E-state index is 0.0408. The van der Waals surface area contributed by atoms with E-state index in [0.29, 0.717) is 22.3 Å². The zero-order valence-corrected chi connectivity index (χ0v) is 18.4. The number of rotatable bonds is 5. The smallest absolute Gasteiger partial charge is 0.273 e. The first-order valence-corrected chi connectivity index (χ1v) is 11.1. The summed E-state index contributed by atoms with van der Waals surface area (Å²) in [6.45, 7) is 4.63. The van der Waals surface area contributed by atoms with Gasteiger partial charge in [-0.15, -0.1) is 0 Å². The van der Waals surface area contributed by atoms with Crippen LogP contribution in [0.3, 0.4) is 0 Å². The Kier molecular flexibility index (Phi) is 5.71. The molecule has 2 aromatic carbocycles. The summed E-state index contributed by atoms with van der Waals surface area (Å²) in [5, 5.41) is 8.79. The number of H-pyrrole nitrogens is 1. The van der Waals surface area contributed by atoms with Crippen LogP contribution in [0.4, 0.5) is 0 Å². The number of aromatic amines is 1. The number of carbonyl (C=O) groups is 1. The number of morpholine rings is 1. The van der Waals surface area contributed by atoms with E-state index in [1.54, 1.807) is 0 Å². The molecule has 2 aliphatic heterocycles. The second-order valence-corrected chi connectivity index (χ2v) is 8.65. The van der Waals surface area contributed by atoms with Crippen LogP contribution in [0.1, 0.15) is 27.7 Å². The fourth-order valence-corrected chi connectivity index (χ4v) is 4.68. The number of hydrogen-bond acceptors (Lipinski definition) is 4. The molecule has 3 heterocycles. The van der Waals surface area contributed by atoms with E-state index in [1.165, 1.54) is 0 Å². The van der Waals surface area contributed by atoms with Crippen molar-refractivity contribution < 1.29 is 9.53 Å². The van der Waals surface area contributed by atoms with Crippen molar-refractivity contribution in [2.75, 3.05) is 39.4 Å². The molecule has 6 nitrogen and oxygen atoms in total. The first-order valence-electron chi connectivity index (χ1n) is 10.3. The number of halogens is 2. The molecule has 0 saturated carbocycles. The summed E-state index contributed by atoms with van der Waals surface area (Å²) < 4.78 is 5.45. The summed E-state index contributed by atoms with van der Waals surface area (Å²) in [4.78, 5) is 17.6. The van der Waals surface area contributed by atoms with Gasteiger partial charge in [-0.3, -0.25) is 14.8 Å². The van der Waals surface area contributed by atoms with Gasteiger partial charge in [0.05, 0.1) is 24.9 Å². The van der Waals surface area contributed by atoms with E-state index in [4.69, 9.17) is 27.9 Å². The fourth-order valence-electron chi connectivity index (χ4n) is 4.35. The molecule has 0 bridgehead atoms. The average Bonchev–Trinajstić information content (AvgIpc) is 3.32. The normalized spacial score (nSPS) is 19.1. The zero-order chi connectivity index (χ0) is 21.4. The second kappa shape index (κ2) is 8.63. The number of aromatic nitrogens is 2. The number of amides is 1. The largest absolute Gasteiger partial charge is 0.379 e. The molecule has 1 atom stereocenters. The Hall–Kier alpha value is -2.38. The Bertz CT molecular complexity index is 1090. The van der Waals surface area contributed by atoms with E-state index in [2.05, 4.69) is 15.1 Å². The summed E-state index contributed by atoms with van der Waals surface area (Å²) in [5.74, 6) is -0.0408. The lowest BCUT2D eigenvalue weighted by molar-refractivity contribution is 0.0316. The Morgan fingerprint density at radius 2 is 1.81 bits per heavy atom. The van der Waals surface area contributed by atoms with Crippen LogP contribution >= 0.6 is 23.2 Å². The molecule has 5 rings (SSSR count). The van der Waals surface area contributed by atoms with Gasteiger partial charge < -0.3 is 9.64 Å². The lowest BCUT2D eigenvalue weighted by Crippen LogP contribution is -2.42. The van der Waals surface area contributed by atoms with Gasteiger partial charge in [0.15, 0.2) is 0 Å². The van der Waals surface area contributed by atoms with Gasteiger partial charge in [-0.05, 0) is 29.8 Å². The summed E-state index contributed by atoms with van der Waals surface area (Å²) in [6, 6.07) is 15.0. The highest BCUT2D eigenvalue weighted by Gasteiger charge is 2.42. The van der Waals surface area contributed by atoms with E-state index < -0.39 is 0 Å². The molecule has 1 unspecified atom stereocenters. The minimum Gasteiger partial charge on any atom is -0.379 e. The zero-order valence-electron chi connectivity index (χ0n) is 16.9. The highest BCUT2D eigenvalue weighted by Crippen LogP contribution is 2.43. The van der Waals surface area contributed by atoms with E-state index >= 15 is 0 Å². The monoisotopic (exact) mass is 456 g/mol. The van der Waals surface area contributed by atoms with Crippen LogP contribution in [-0.4, -0.2) is 65.3 Å². The van der Waals surface area contributed by atoms with Gasteiger partial charge in [-0.25, -0.2) is 0 Å². The fraction of sp³-hybridized carbons (Fsp3) is 0.304. The average molecular weight is 457 g/mol. The number of ether oxygens (including phenoxy) is 1. The van der Waals surface area contributed by atoms with Crippen molar-refractivity contribution in [2.24, 2.45) is 0 Å². The third-order valence-corrected chi connectivity index (χ3v) is 6.39. The number of carbonyl (C=O) groups excluding carboxylic acids is 1. The molecule has 0 spiro atoms. The Morgan fingerprint density at radius 3 is 2.55 bits per heavy atom. The van der Waals surface area contributed by atoms with Crippen molar-refractivity contribution in [3.05, 3.63) is 75.4 Å². The third-order valence-electron chi connectivity index (χ3n) is 5.91. The molecular formula is C23H22Cl2N4O2. The van der Waals surface area contributed by atoms with E-state index in [9.17, 15) is 4.79 Å². The van der Waals surface area contributed by atoms with Gasteiger partial charge >= 0.3 is 0 Å². The maximum Gasteiger partial charge on any atom is 0.273 e. The van der Waals surface area contributed by atoms with Gasteiger partial charge in [0.25, 0.3) is 5.91 Å². The standard InChI is InChI=1S/C23H22Cl2N4O2/c24-17-6-4-15(5-7-17)20-19-21(27-26-20)23(30)29(9-8-28-10-12-31-13-11-28)22(19)16-2-1-3-18(25)14-16/h1-7,14,22H,8-13H2,(H,26,27). The van der Waals surface area contributed by atoms with Crippen LogP contribution in [0.25, 0.3) is 11.3 Å². The number of fused-ring (bicyclic) bond motifs is 1. The van der Waals surface area contributed by atoms with Crippen molar-refractivity contribution in [1.82, 2.24) is 20.0 Å². The highest BCUT2D eigenvalue weighted by atomic mass is 35.5. The molecule has 31 heavy (non-hydrogen) atoms. The first-order chi connectivity index (χ1) is 15.1. The molecule has 160 valence electrons. The topological polar surface area (TPSA) is 61.5 Å². The van der Waals surface area contributed by atoms with Crippen molar-refractivity contribution in [2.45, 2.75) is 6.04 Å². The summed E-state index contributed by atoms with van der Waals surface area (Å²) in [5.41, 5.74) is 4.07. The van der Waals surface area contributed by atoms with Crippen LogP contribution in [0.2, 0.25) is 10.0 Å². The molecule has 0 radical (unpaired) electrons. The van der Waals surface area contributed by atoms with E-state index in [-0.39, 0.29) is 11.9 Å². The second-order valence-electron chi connectivity index (χ2n) is 7.78. The van der Waals surface area contributed by atoms with Crippen molar-refractivity contribution in [3.63, 3.8) is 0 Å². The highest BCUT2D eigenvalue weighted by molar-refractivity contribution is 6.31. The van der Waals surface area contributed by atoms with Gasteiger partial charge in [0.2, 0.25) is 0 Å². The van der Waals surface area contributed by atoms with Crippen molar-refractivity contribution in [1.29, 1.82) is 0 Å². The number of nitrogens with one attached hydrogen (secondary N) is 1. The van der Waals surface area contributed by atoms with Crippen molar-refractivity contribution in [3.8, 4) is 11.3 Å². The summed E-state index contributed by atoms with van der Waals surface area (Å²) >= 11 is 12.4. The van der Waals surface area contributed by atoms with Crippen LogP contribution in [0.5, 0.6) is 0 Å². The first kappa shape index (κ1) is 20.5. The maximum atomic E-state index is 13.4.